The molecule has 1 aliphatic rings. The van der Waals surface area contributed by atoms with Crippen LogP contribution in [0.3, 0.4) is 0 Å². The minimum Gasteiger partial charge on any atom is -0.492 e. The number of hydrogen-bond acceptors (Lipinski definition) is 3. The van der Waals surface area contributed by atoms with Crippen LogP contribution in [-0.2, 0) is 6.42 Å². The highest BCUT2D eigenvalue weighted by atomic mass is 32.1. The summed E-state index contributed by atoms with van der Waals surface area (Å²) in [6.07, 6.45) is 3.46. The second-order valence-electron chi connectivity index (χ2n) is 6.56. The molecule has 3 heteroatoms. The van der Waals surface area contributed by atoms with Crippen LogP contribution in [0.2, 0.25) is 0 Å². The fraction of sp³-hybridized carbons (Fsp3) is 0.273. The molecule has 2 nitrogen and oxygen atoms in total. The van der Waals surface area contributed by atoms with E-state index in [1.54, 1.807) is 0 Å². The third-order valence-corrected chi connectivity index (χ3v) is 5.77. The molecule has 2 aromatic carbocycles. The Labute approximate surface area is 153 Å². The zero-order valence-corrected chi connectivity index (χ0v) is 15.1. The van der Waals surface area contributed by atoms with Crippen molar-refractivity contribution in [2.45, 2.75) is 25.3 Å². The van der Waals surface area contributed by atoms with Gasteiger partial charge in [0.1, 0.15) is 12.4 Å². The first-order valence-electron chi connectivity index (χ1n) is 8.96. The molecule has 0 unspecified atom stereocenters. The molecule has 25 heavy (non-hydrogen) atoms. The van der Waals surface area contributed by atoms with E-state index in [-0.39, 0.29) is 0 Å². The average Bonchev–Trinajstić information content (AvgIpc) is 3.34. The molecule has 128 valence electrons. The Morgan fingerprint density at radius 3 is 2.56 bits per heavy atom. The smallest absolute Gasteiger partial charge is 0.119 e. The van der Waals surface area contributed by atoms with Gasteiger partial charge in [-0.05, 0) is 54.8 Å². The summed E-state index contributed by atoms with van der Waals surface area (Å²) in [7, 11) is 0. The summed E-state index contributed by atoms with van der Waals surface area (Å²) >= 11 is 1.87. The molecule has 1 aromatic heterocycles. The summed E-state index contributed by atoms with van der Waals surface area (Å²) < 4.78 is 5.90. The van der Waals surface area contributed by atoms with E-state index >= 15 is 0 Å². The lowest BCUT2D eigenvalue weighted by Crippen LogP contribution is -2.28. The van der Waals surface area contributed by atoms with E-state index < -0.39 is 0 Å². The lowest BCUT2D eigenvalue weighted by Gasteiger charge is -2.12. The summed E-state index contributed by atoms with van der Waals surface area (Å²) in [4.78, 5) is 2.72. The van der Waals surface area contributed by atoms with Crippen LogP contribution in [-0.4, -0.2) is 19.2 Å². The van der Waals surface area contributed by atoms with E-state index in [1.165, 1.54) is 33.7 Å². The van der Waals surface area contributed by atoms with E-state index in [9.17, 15) is 0 Å². The van der Waals surface area contributed by atoms with Gasteiger partial charge in [0, 0.05) is 22.2 Å². The molecular formula is C22H23NOS. The van der Waals surface area contributed by atoms with Crippen molar-refractivity contribution in [3.8, 4) is 16.2 Å². The van der Waals surface area contributed by atoms with Crippen LogP contribution in [0.4, 0.5) is 0 Å². The van der Waals surface area contributed by atoms with E-state index in [4.69, 9.17) is 4.74 Å². The van der Waals surface area contributed by atoms with Gasteiger partial charge in [-0.2, -0.15) is 0 Å². The summed E-state index contributed by atoms with van der Waals surface area (Å²) in [5.41, 5.74) is 2.62. The van der Waals surface area contributed by atoms with Gasteiger partial charge in [0.05, 0.1) is 0 Å². The Kier molecular flexibility index (Phi) is 5.14. The zero-order valence-electron chi connectivity index (χ0n) is 14.3. The van der Waals surface area contributed by atoms with E-state index in [0.717, 1.165) is 25.3 Å². The molecule has 0 spiro atoms. The normalized spacial score (nSPS) is 16.9. The number of ether oxygens (including phenoxy) is 1. The molecule has 0 saturated carbocycles. The third kappa shape index (κ3) is 4.30. The van der Waals surface area contributed by atoms with Gasteiger partial charge in [-0.25, -0.2) is 0 Å². The Morgan fingerprint density at radius 1 is 0.960 bits per heavy atom. The minimum absolute atomic E-state index is 0.516. The molecule has 0 aliphatic carbocycles. The van der Waals surface area contributed by atoms with E-state index in [0.29, 0.717) is 6.04 Å². The Balaban J connectivity index is 1.35. The van der Waals surface area contributed by atoms with Gasteiger partial charge in [-0.15, -0.1) is 11.3 Å². The Hall–Kier alpha value is -2.10. The minimum atomic E-state index is 0.516. The molecule has 1 fully saturated rings. The van der Waals surface area contributed by atoms with Crippen molar-refractivity contribution < 1.29 is 4.74 Å². The lowest BCUT2D eigenvalue weighted by molar-refractivity contribution is 0.277. The topological polar surface area (TPSA) is 21.3 Å². The van der Waals surface area contributed by atoms with Crippen molar-refractivity contribution in [3.63, 3.8) is 0 Å². The lowest BCUT2D eigenvalue weighted by atomic mass is 10.1. The van der Waals surface area contributed by atoms with Gasteiger partial charge in [0.15, 0.2) is 0 Å². The molecule has 0 bridgehead atoms. The second-order valence-corrected chi connectivity index (χ2v) is 7.73. The Morgan fingerprint density at radius 2 is 1.80 bits per heavy atom. The first-order chi connectivity index (χ1) is 12.4. The van der Waals surface area contributed by atoms with Crippen molar-refractivity contribution in [2.75, 3.05) is 13.2 Å². The fourth-order valence-electron chi connectivity index (χ4n) is 3.23. The van der Waals surface area contributed by atoms with Gasteiger partial charge in [0.2, 0.25) is 0 Å². The molecule has 1 N–H and O–H groups in total. The molecular weight excluding hydrogens is 326 g/mol. The molecule has 1 aliphatic heterocycles. The monoisotopic (exact) mass is 349 g/mol. The van der Waals surface area contributed by atoms with Crippen molar-refractivity contribution in [1.29, 1.82) is 0 Å². The maximum atomic E-state index is 5.90. The van der Waals surface area contributed by atoms with Crippen LogP contribution in [0.5, 0.6) is 5.75 Å². The van der Waals surface area contributed by atoms with Gasteiger partial charge >= 0.3 is 0 Å². The number of thiophene rings is 1. The standard InChI is InChI=1S/C22H23NOS/c1-2-5-18(6-3-1)22-13-12-21(25-22)15-17-8-10-20(11-9-17)24-16-19-7-4-14-23-19/h1-3,5-6,8-13,19,23H,4,7,14-16H2/t19-/m1/s1. The van der Waals surface area contributed by atoms with Crippen LogP contribution < -0.4 is 10.1 Å². The molecule has 0 radical (unpaired) electrons. The zero-order chi connectivity index (χ0) is 16.9. The largest absolute Gasteiger partial charge is 0.492 e. The van der Waals surface area contributed by atoms with E-state index in [2.05, 4.69) is 72.0 Å². The van der Waals surface area contributed by atoms with Gasteiger partial charge in [-0.3, -0.25) is 0 Å². The van der Waals surface area contributed by atoms with Gasteiger partial charge < -0.3 is 10.1 Å². The first kappa shape index (κ1) is 16.4. The molecule has 1 saturated heterocycles. The van der Waals surface area contributed by atoms with Crippen molar-refractivity contribution in [1.82, 2.24) is 5.32 Å². The van der Waals surface area contributed by atoms with Gasteiger partial charge in [0.25, 0.3) is 0 Å². The van der Waals surface area contributed by atoms with Crippen LogP contribution in [0.25, 0.3) is 10.4 Å². The molecule has 1 atom stereocenters. The maximum absolute atomic E-state index is 5.90. The SMILES string of the molecule is c1ccc(-c2ccc(Cc3ccc(OC[C@H]4CCCN4)cc3)s2)cc1. The number of hydrogen-bond donors (Lipinski definition) is 1. The van der Waals surface area contributed by atoms with Crippen molar-refractivity contribution in [2.24, 2.45) is 0 Å². The van der Waals surface area contributed by atoms with Gasteiger partial charge in [-0.1, -0.05) is 42.5 Å². The highest BCUT2D eigenvalue weighted by Crippen LogP contribution is 2.29. The summed E-state index contributed by atoms with van der Waals surface area (Å²) in [5, 5.41) is 3.46. The highest BCUT2D eigenvalue weighted by Gasteiger charge is 2.14. The van der Waals surface area contributed by atoms with Crippen molar-refractivity contribution >= 4 is 11.3 Å². The number of nitrogens with one attached hydrogen (secondary N) is 1. The maximum Gasteiger partial charge on any atom is 0.119 e. The number of benzene rings is 2. The third-order valence-electron chi connectivity index (χ3n) is 4.64. The van der Waals surface area contributed by atoms with E-state index in [1.807, 2.05) is 11.3 Å². The first-order valence-corrected chi connectivity index (χ1v) is 9.78. The molecule has 2 heterocycles. The Bertz CT molecular complexity index is 788. The predicted octanol–water partition coefficient (Wildman–Crippen LogP) is 5.14. The molecule has 3 aromatic rings. The fourth-order valence-corrected chi connectivity index (χ4v) is 4.28. The quantitative estimate of drug-likeness (QED) is 0.665. The summed E-state index contributed by atoms with van der Waals surface area (Å²) in [5.74, 6) is 0.966. The number of rotatable bonds is 6. The van der Waals surface area contributed by atoms with Crippen LogP contribution in [0.1, 0.15) is 23.3 Å². The van der Waals surface area contributed by atoms with Crippen molar-refractivity contribution in [3.05, 3.63) is 77.2 Å². The van der Waals surface area contributed by atoms with Crippen LogP contribution in [0.15, 0.2) is 66.7 Å². The van der Waals surface area contributed by atoms with Crippen LogP contribution >= 0.6 is 11.3 Å². The molecule has 4 rings (SSSR count). The highest BCUT2D eigenvalue weighted by molar-refractivity contribution is 7.15. The predicted molar refractivity (Wildman–Crippen MR) is 106 cm³/mol. The summed E-state index contributed by atoms with van der Waals surface area (Å²) in [6, 6.07) is 24.1. The average molecular weight is 349 g/mol. The molecule has 0 amide bonds. The summed E-state index contributed by atoms with van der Waals surface area (Å²) in [6.45, 7) is 1.89. The van der Waals surface area contributed by atoms with Crippen LogP contribution in [0, 0.1) is 0 Å². The second kappa shape index (κ2) is 7.85.